The number of nitrogens with zero attached hydrogens (tertiary/aromatic N) is 2. The number of benzene rings is 1. The van der Waals surface area contributed by atoms with Gasteiger partial charge in [0, 0.05) is 34.1 Å². The molecule has 0 N–H and O–H groups in total. The number of ketones is 1. The number of para-hydroxylation sites is 1. The standard InChI is InChI=1S/C16H14N2OS/c1-2-11-6-7-12(20-11)10-15(19)13-4-3-5-14-16(13)18-9-8-17-14/h3-9H,2,10H2,1H3. The average Bonchev–Trinajstić information content (AvgIpc) is 2.94. The third kappa shape index (κ3) is 2.47. The van der Waals surface area contributed by atoms with E-state index in [1.807, 2.05) is 24.3 Å². The van der Waals surface area contributed by atoms with Gasteiger partial charge in [-0.15, -0.1) is 11.3 Å². The molecule has 2 aromatic heterocycles. The van der Waals surface area contributed by atoms with Gasteiger partial charge in [-0.2, -0.15) is 0 Å². The highest BCUT2D eigenvalue weighted by atomic mass is 32.1. The number of Topliss-reactive ketones (excluding diaryl/α,β-unsaturated/α-hetero) is 1. The number of aromatic nitrogens is 2. The monoisotopic (exact) mass is 282 g/mol. The van der Waals surface area contributed by atoms with E-state index in [9.17, 15) is 4.79 Å². The van der Waals surface area contributed by atoms with Crippen LogP contribution in [0.5, 0.6) is 0 Å². The number of hydrogen-bond acceptors (Lipinski definition) is 4. The van der Waals surface area contributed by atoms with E-state index in [2.05, 4.69) is 23.0 Å². The molecule has 0 aliphatic carbocycles. The van der Waals surface area contributed by atoms with E-state index >= 15 is 0 Å². The lowest BCUT2D eigenvalue weighted by Crippen LogP contribution is -2.04. The Hall–Kier alpha value is -2.07. The van der Waals surface area contributed by atoms with Gasteiger partial charge in [0.05, 0.1) is 11.0 Å². The fourth-order valence-corrected chi connectivity index (χ4v) is 3.14. The second kappa shape index (κ2) is 5.51. The van der Waals surface area contributed by atoms with Crippen molar-refractivity contribution in [3.8, 4) is 0 Å². The molecule has 0 spiro atoms. The van der Waals surface area contributed by atoms with Crippen molar-refractivity contribution >= 4 is 28.2 Å². The van der Waals surface area contributed by atoms with Crippen molar-refractivity contribution in [2.75, 3.05) is 0 Å². The Balaban J connectivity index is 1.92. The van der Waals surface area contributed by atoms with Crippen LogP contribution in [0.1, 0.15) is 27.0 Å². The molecule has 4 heteroatoms. The maximum atomic E-state index is 12.5. The highest BCUT2D eigenvalue weighted by Crippen LogP contribution is 2.21. The van der Waals surface area contributed by atoms with Crippen LogP contribution >= 0.6 is 11.3 Å². The van der Waals surface area contributed by atoms with Crippen molar-refractivity contribution in [3.63, 3.8) is 0 Å². The zero-order chi connectivity index (χ0) is 13.9. The third-order valence-electron chi connectivity index (χ3n) is 3.20. The van der Waals surface area contributed by atoms with Crippen LogP contribution in [0.4, 0.5) is 0 Å². The number of carbonyl (C=O) groups excluding carboxylic acids is 1. The van der Waals surface area contributed by atoms with Crippen LogP contribution in [-0.4, -0.2) is 15.8 Å². The smallest absolute Gasteiger partial charge is 0.170 e. The number of aryl methyl sites for hydroxylation is 1. The SMILES string of the molecule is CCc1ccc(CC(=O)c2cccc3nccnc23)s1. The zero-order valence-corrected chi connectivity index (χ0v) is 12.0. The summed E-state index contributed by atoms with van der Waals surface area (Å²) < 4.78 is 0. The topological polar surface area (TPSA) is 42.9 Å². The summed E-state index contributed by atoms with van der Waals surface area (Å²) in [6, 6.07) is 9.69. The molecule has 3 rings (SSSR count). The second-order valence-corrected chi connectivity index (χ2v) is 5.80. The molecule has 20 heavy (non-hydrogen) atoms. The van der Waals surface area contributed by atoms with Crippen molar-refractivity contribution < 1.29 is 4.79 Å². The largest absolute Gasteiger partial charge is 0.294 e. The van der Waals surface area contributed by atoms with E-state index in [0.717, 1.165) is 16.8 Å². The molecule has 0 saturated heterocycles. The predicted octanol–water partition coefficient (Wildman–Crippen LogP) is 3.68. The molecule has 0 fully saturated rings. The fraction of sp³-hybridized carbons (Fsp3) is 0.188. The van der Waals surface area contributed by atoms with E-state index in [0.29, 0.717) is 17.5 Å². The lowest BCUT2D eigenvalue weighted by atomic mass is 10.1. The minimum atomic E-state index is 0.0978. The Labute approximate surface area is 121 Å². The van der Waals surface area contributed by atoms with Crippen molar-refractivity contribution in [1.29, 1.82) is 0 Å². The van der Waals surface area contributed by atoms with Gasteiger partial charge in [-0.3, -0.25) is 14.8 Å². The first-order chi connectivity index (χ1) is 9.78. The maximum Gasteiger partial charge on any atom is 0.170 e. The number of fused-ring (bicyclic) bond motifs is 1. The Kier molecular flexibility index (Phi) is 3.56. The third-order valence-corrected chi connectivity index (χ3v) is 4.43. The molecular weight excluding hydrogens is 268 g/mol. The summed E-state index contributed by atoms with van der Waals surface area (Å²) >= 11 is 1.70. The molecule has 0 unspecified atom stereocenters. The highest BCUT2D eigenvalue weighted by Gasteiger charge is 2.13. The van der Waals surface area contributed by atoms with Crippen LogP contribution in [-0.2, 0) is 12.8 Å². The Bertz CT molecular complexity index is 759. The van der Waals surface area contributed by atoms with Crippen molar-refractivity contribution in [3.05, 3.63) is 58.0 Å². The van der Waals surface area contributed by atoms with E-state index in [-0.39, 0.29) is 5.78 Å². The Morgan fingerprint density at radius 2 is 1.90 bits per heavy atom. The number of carbonyl (C=O) groups is 1. The molecular formula is C16H14N2OS. The number of hydrogen-bond donors (Lipinski definition) is 0. The van der Waals surface area contributed by atoms with Crippen molar-refractivity contribution in [2.24, 2.45) is 0 Å². The molecule has 0 atom stereocenters. The Morgan fingerprint density at radius 1 is 1.10 bits per heavy atom. The number of rotatable bonds is 4. The first-order valence-electron chi connectivity index (χ1n) is 6.58. The van der Waals surface area contributed by atoms with Crippen LogP contribution in [0.2, 0.25) is 0 Å². The van der Waals surface area contributed by atoms with Crippen LogP contribution in [0.15, 0.2) is 42.7 Å². The summed E-state index contributed by atoms with van der Waals surface area (Å²) in [5, 5.41) is 0. The lowest BCUT2D eigenvalue weighted by Gasteiger charge is -2.03. The van der Waals surface area contributed by atoms with E-state index in [1.54, 1.807) is 23.7 Å². The van der Waals surface area contributed by atoms with Gasteiger partial charge >= 0.3 is 0 Å². The maximum absolute atomic E-state index is 12.5. The Morgan fingerprint density at radius 3 is 2.70 bits per heavy atom. The molecule has 0 saturated carbocycles. The van der Waals surface area contributed by atoms with E-state index in [4.69, 9.17) is 0 Å². The van der Waals surface area contributed by atoms with Gasteiger partial charge in [-0.1, -0.05) is 13.0 Å². The molecule has 3 nitrogen and oxygen atoms in total. The molecule has 100 valence electrons. The molecule has 0 aliphatic rings. The summed E-state index contributed by atoms with van der Waals surface area (Å²) in [7, 11) is 0. The van der Waals surface area contributed by atoms with Gasteiger partial charge in [0.25, 0.3) is 0 Å². The van der Waals surface area contributed by atoms with Gasteiger partial charge in [0.15, 0.2) is 5.78 Å². The van der Waals surface area contributed by atoms with Gasteiger partial charge in [0.1, 0.15) is 0 Å². The highest BCUT2D eigenvalue weighted by molar-refractivity contribution is 7.12. The molecule has 1 aromatic carbocycles. The van der Waals surface area contributed by atoms with Crippen molar-refractivity contribution in [1.82, 2.24) is 9.97 Å². The first kappa shape index (κ1) is 12.9. The van der Waals surface area contributed by atoms with Gasteiger partial charge in [0.2, 0.25) is 0 Å². The molecule has 0 bridgehead atoms. The summed E-state index contributed by atoms with van der Waals surface area (Å²) in [5.74, 6) is 0.0978. The van der Waals surface area contributed by atoms with Gasteiger partial charge in [-0.25, -0.2) is 0 Å². The zero-order valence-electron chi connectivity index (χ0n) is 11.2. The first-order valence-corrected chi connectivity index (χ1v) is 7.40. The average molecular weight is 282 g/mol. The van der Waals surface area contributed by atoms with Crippen molar-refractivity contribution in [2.45, 2.75) is 19.8 Å². The van der Waals surface area contributed by atoms with E-state index < -0.39 is 0 Å². The summed E-state index contributed by atoms with van der Waals surface area (Å²) in [5.41, 5.74) is 2.10. The van der Waals surface area contributed by atoms with Crippen LogP contribution < -0.4 is 0 Å². The van der Waals surface area contributed by atoms with Crippen LogP contribution in [0.3, 0.4) is 0 Å². The fourth-order valence-electron chi connectivity index (χ4n) is 2.18. The number of thiophene rings is 1. The normalized spacial score (nSPS) is 10.8. The molecule has 0 amide bonds. The summed E-state index contributed by atoms with van der Waals surface area (Å²) in [4.78, 5) is 23.4. The molecule has 0 aliphatic heterocycles. The van der Waals surface area contributed by atoms with E-state index in [1.165, 1.54) is 4.88 Å². The molecule has 0 radical (unpaired) electrons. The lowest BCUT2D eigenvalue weighted by molar-refractivity contribution is 0.0995. The molecule has 2 heterocycles. The molecule has 3 aromatic rings. The van der Waals surface area contributed by atoms with Gasteiger partial charge in [-0.05, 0) is 30.7 Å². The minimum Gasteiger partial charge on any atom is -0.294 e. The minimum absolute atomic E-state index is 0.0978. The quantitative estimate of drug-likeness (QED) is 0.686. The predicted molar refractivity (Wildman–Crippen MR) is 81.3 cm³/mol. The summed E-state index contributed by atoms with van der Waals surface area (Å²) in [6.07, 6.45) is 4.71. The van der Waals surface area contributed by atoms with Crippen LogP contribution in [0, 0.1) is 0 Å². The summed E-state index contributed by atoms with van der Waals surface area (Å²) in [6.45, 7) is 2.12. The van der Waals surface area contributed by atoms with Crippen LogP contribution in [0.25, 0.3) is 11.0 Å². The second-order valence-electron chi connectivity index (χ2n) is 4.55. The van der Waals surface area contributed by atoms with Gasteiger partial charge < -0.3 is 0 Å².